The molecule has 2 rings (SSSR count). The zero-order chi connectivity index (χ0) is 8.55. The number of carbonyl (C=O) groups is 1. The van der Waals surface area contributed by atoms with Gasteiger partial charge in [-0.15, -0.1) is 0 Å². The fourth-order valence-corrected chi connectivity index (χ4v) is 4.43. The third-order valence-electron chi connectivity index (χ3n) is 2.09. The van der Waals surface area contributed by atoms with Crippen LogP contribution in [0.4, 0.5) is 0 Å². The van der Waals surface area contributed by atoms with Crippen LogP contribution in [0.25, 0.3) is 0 Å². The number of fused-ring (bicyclic) bond motifs is 1. The van der Waals surface area contributed by atoms with Gasteiger partial charge in [0.15, 0.2) is 0 Å². The molecule has 62 valence electrons. The van der Waals surface area contributed by atoms with Crippen molar-refractivity contribution in [3.05, 3.63) is 29.8 Å². The molecule has 1 atom stereocenters. The Hall–Kier alpha value is -0.320. The van der Waals surface area contributed by atoms with Gasteiger partial charge >= 0.3 is 82.3 Å². The summed E-state index contributed by atoms with van der Waals surface area (Å²) in [6.45, 7) is 2.04. The minimum atomic E-state index is -0.0663. The average Bonchev–Trinajstić information content (AvgIpc) is 2.12. The molecule has 1 nitrogen and oxygen atoms in total. The first-order valence-electron chi connectivity index (χ1n) is 4.05. The molecule has 0 bridgehead atoms. The van der Waals surface area contributed by atoms with Crippen LogP contribution in [-0.2, 0) is 0 Å². The molecule has 0 saturated heterocycles. The normalized spacial score (nSPS) is 22.1. The van der Waals surface area contributed by atoms with Crippen molar-refractivity contribution < 1.29 is 4.79 Å². The second kappa shape index (κ2) is 3.20. The quantitative estimate of drug-likeness (QED) is 0.651. The maximum absolute atomic E-state index is 11.6. The molecular weight excluding hydrogens is 264 g/mol. The Labute approximate surface area is 82.2 Å². The van der Waals surface area contributed by atoms with Gasteiger partial charge in [0.2, 0.25) is 0 Å². The van der Waals surface area contributed by atoms with Crippen molar-refractivity contribution in [3.63, 3.8) is 0 Å². The second-order valence-corrected chi connectivity index (χ2v) is 6.10. The van der Waals surface area contributed by atoms with E-state index in [1.54, 1.807) is 0 Å². The fraction of sp³-hybridized carbons (Fsp3) is 0.300. The summed E-state index contributed by atoms with van der Waals surface area (Å²) in [7, 11) is 0. The van der Waals surface area contributed by atoms with Gasteiger partial charge in [-0.05, 0) is 0 Å². The molecule has 0 spiro atoms. The van der Waals surface area contributed by atoms with E-state index in [-0.39, 0.29) is 26.8 Å². The van der Waals surface area contributed by atoms with E-state index in [4.69, 9.17) is 0 Å². The van der Waals surface area contributed by atoms with Crippen molar-refractivity contribution in [3.8, 4) is 0 Å². The number of ketones is 1. The van der Waals surface area contributed by atoms with Crippen molar-refractivity contribution in [2.24, 2.45) is 5.92 Å². The van der Waals surface area contributed by atoms with E-state index in [2.05, 4.69) is 6.07 Å². The number of rotatable bonds is 0. The molecule has 0 aliphatic carbocycles. The molecular formula is C10H10OTe. The van der Waals surface area contributed by atoms with Crippen LogP contribution in [0.5, 0.6) is 0 Å². The predicted molar refractivity (Wildman–Crippen MR) is 50.1 cm³/mol. The number of hydrogen-bond donors (Lipinski definition) is 0. The van der Waals surface area contributed by atoms with Crippen molar-refractivity contribution >= 4 is 30.3 Å². The van der Waals surface area contributed by atoms with Crippen LogP contribution in [0.1, 0.15) is 17.3 Å². The Kier molecular flexibility index (Phi) is 2.21. The first-order chi connectivity index (χ1) is 5.79. The summed E-state index contributed by atoms with van der Waals surface area (Å²) in [5, 5.41) is 0. The fourth-order valence-electron chi connectivity index (χ4n) is 1.35. The average molecular weight is 274 g/mol. The van der Waals surface area contributed by atoms with E-state index < -0.39 is 0 Å². The Balaban J connectivity index is 2.49. The second-order valence-electron chi connectivity index (χ2n) is 3.07. The van der Waals surface area contributed by atoms with Crippen molar-refractivity contribution in [2.75, 3.05) is 0 Å². The Bertz CT molecular complexity index is 319. The van der Waals surface area contributed by atoms with Gasteiger partial charge in [-0.3, -0.25) is 0 Å². The van der Waals surface area contributed by atoms with Gasteiger partial charge in [0.05, 0.1) is 0 Å². The monoisotopic (exact) mass is 276 g/mol. The summed E-state index contributed by atoms with van der Waals surface area (Å²) in [6, 6.07) is 8.08. The van der Waals surface area contributed by atoms with Crippen LogP contribution >= 0.6 is 0 Å². The van der Waals surface area contributed by atoms with Gasteiger partial charge in [0.1, 0.15) is 0 Å². The molecule has 0 amide bonds. The van der Waals surface area contributed by atoms with E-state index in [0.29, 0.717) is 5.78 Å². The summed E-state index contributed by atoms with van der Waals surface area (Å²) in [5.41, 5.74) is 0.999. The number of Topliss-reactive ketones (excluding diaryl/α,β-unsaturated/α-hetero) is 1. The zero-order valence-electron chi connectivity index (χ0n) is 6.91. The van der Waals surface area contributed by atoms with E-state index in [1.807, 2.05) is 25.1 Å². The summed E-state index contributed by atoms with van der Waals surface area (Å²) >= 11 is -0.0663. The van der Waals surface area contributed by atoms with E-state index in [9.17, 15) is 4.79 Å². The van der Waals surface area contributed by atoms with Gasteiger partial charge in [-0.2, -0.15) is 0 Å². The molecule has 1 unspecified atom stereocenters. The standard InChI is InChI=1S/C10H10OTe/c1-7-6-12-9-5-3-2-4-8(9)10(7)11/h2-5,7H,6H2,1H3. The number of benzene rings is 1. The van der Waals surface area contributed by atoms with Crippen molar-refractivity contribution in [2.45, 2.75) is 11.4 Å². The van der Waals surface area contributed by atoms with Crippen LogP contribution in [0, 0.1) is 5.92 Å². The van der Waals surface area contributed by atoms with Gasteiger partial charge in [-0.1, -0.05) is 0 Å². The molecule has 12 heavy (non-hydrogen) atoms. The van der Waals surface area contributed by atoms with Crippen molar-refractivity contribution in [1.82, 2.24) is 0 Å². The number of hydrogen-bond acceptors (Lipinski definition) is 1. The van der Waals surface area contributed by atoms with Gasteiger partial charge < -0.3 is 0 Å². The molecule has 1 aliphatic heterocycles. The van der Waals surface area contributed by atoms with Crippen LogP contribution in [0.15, 0.2) is 24.3 Å². The predicted octanol–water partition coefficient (Wildman–Crippen LogP) is 1.27. The third kappa shape index (κ3) is 1.30. The summed E-state index contributed by atoms with van der Waals surface area (Å²) in [4.78, 5) is 11.6. The SMILES string of the molecule is CC1C[Te]c2ccccc2C1=O. The Morgan fingerprint density at radius 1 is 1.42 bits per heavy atom. The Morgan fingerprint density at radius 2 is 2.17 bits per heavy atom. The first kappa shape index (κ1) is 8.29. The molecule has 0 aromatic heterocycles. The molecule has 2 heteroatoms. The van der Waals surface area contributed by atoms with Gasteiger partial charge in [0, 0.05) is 0 Å². The van der Waals surface area contributed by atoms with Crippen LogP contribution < -0.4 is 3.61 Å². The summed E-state index contributed by atoms with van der Waals surface area (Å²) < 4.78 is 2.49. The molecule has 1 heterocycles. The van der Waals surface area contributed by atoms with Crippen molar-refractivity contribution in [1.29, 1.82) is 0 Å². The topological polar surface area (TPSA) is 17.1 Å². The van der Waals surface area contributed by atoms with E-state index in [0.717, 1.165) is 10.0 Å². The first-order valence-corrected chi connectivity index (χ1v) is 6.86. The molecule has 0 radical (unpaired) electrons. The summed E-state index contributed by atoms with van der Waals surface area (Å²) in [6.07, 6.45) is 0. The maximum atomic E-state index is 11.6. The van der Waals surface area contributed by atoms with Crippen LogP contribution in [0.3, 0.4) is 0 Å². The Morgan fingerprint density at radius 3 is 3.00 bits per heavy atom. The zero-order valence-corrected chi connectivity index (χ0v) is 9.24. The molecule has 0 saturated carbocycles. The molecule has 1 aliphatic rings. The number of carbonyl (C=O) groups excluding carboxylic acids is 1. The van der Waals surface area contributed by atoms with E-state index >= 15 is 0 Å². The van der Waals surface area contributed by atoms with Crippen LogP contribution in [-0.4, -0.2) is 26.7 Å². The molecule has 0 fully saturated rings. The van der Waals surface area contributed by atoms with E-state index in [1.165, 1.54) is 3.61 Å². The van der Waals surface area contributed by atoms with Gasteiger partial charge in [-0.25, -0.2) is 0 Å². The van der Waals surface area contributed by atoms with Crippen LogP contribution in [0.2, 0.25) is 4.47 Å². The molecule has 1 aromatic rings. The minimum absolute atomic E-state index is 0.0663. The molecule has 0 N–H and O–H groups in total. The molecule has 1 aromatic carbocycles. The third-order valence-corrected chi connectivity index (χ3v) is 5.90. The van der Waals surface area contributed by atoms with Gasteiger partial charge in [0.25, 0.3) is 0 Å². The summed E-state index contributed by atoms with van der Waals surface area (Å²) in [5.74, 6) is 0.629.